The number of hydrogen-bond donors (Lipinski definition) is 0. The molecule has 0 atom stereocenters. The minimum absolute atomic E-state index is 0.319. The number of carbonyl (C=O) groups is 1. The number of amides is 1. The molecule has 0 saturated heterocycles. The Hall–Kier alpha value is -1.23. The summed E-state index contributed by atoms with van der Waals surface area (Å²) in [5.74, 6) is -0.319. The summed E-state index contributed by atoms with van der Waals surface area (Å²) in [4.78, 5) is 24.2. The van der Waals surface area contributed by atoms with Gasteiger partial charge in [0.2, 0.25) is 0 Å². The first-order valence-electron chi connectivity index (χ1n) is 4.91. The maximum atomic E-state index is 11.8. The van der Waals surface area contributed by atoms with Crippen LogP contribution in [0, 0.1) is 20.8 Å². The van der Waals surface area contributed by atoms with Gasteiger partial charge in [0.15, 0.2) is 5.69 Å². The maximum absolute atomic E-state index is 11.8. The molecule has 0 fully saturated rings. The smallest absolute Gasteiger partial charge is 0.265 e. The molecule has 1 heterocycles. The Bertz CT molecular complexity index is 455. The van der Waals surface area contributed by atoms with Crippen molar-refractivity contribution in [2.45, 2.75) is 27.7 Å². The van der Waals surface area contributed by atoms with Crippen LogP contribution in [0.5, 0.6) is 0 Å². The van der Waals surface area contributed by atoms with Gasteiger partial charge >= 0.3 is 0 Å². The minimum Gasteiger partial charge on any atom is -0.265 e. The highest BCUT2D eigenvalue weighted by Gasteiger charge is 2.13. The van der Waals surface area contributed by atoms with Gasteiger partial charge in [-0.05, 0) is 34.0 Å². The number of aromatic nitrogens is 2. The lowest BCUT2D eigenvalue weighted by Gasteiger charge is -2.04. The first kappa shape index (κ1) is 12.8. The zero-order valence-electron chi connectivity index (χ0n) is 10.2. The fraction of sp³-hybridized carbons (Fsp3) is 0.455. The number of nitrogens with zero attached hydrogens (tertiary/aromatic N) is 3. The molecule has 0 aromatic carbocycles. The third-order valence-corrected chi connectivity index (χ3v) is 2.92. The number of aliphatic imine (C=N–C) groups is 1. The van der Waals surface area contributed by atoms with Gasteiger partial charge in [0.05, 0.1) is 22.1 Å². The van der Waals surface area contributed by atoms with Crippen LogP contribution in [0.1, 0.15) is 34.5 Å². The molecule has 0 unspecified atom stereocenters. The van der Waals surface area contributed by atoms with Gasteiger partial charge in [0, 0.05) is 0 Å². The molecule has 0 spiro atoms. The summed E-state index contributed by atoms with van der Waals surface area (Å²) in [5, 5.41) is 0.726. The lowest BCUT2D eigenvalue weighted by Crippen LogP contribution is -2.08. The van der Waals surface area contributed by atoms with E-state index in [0.29, 0.717) is 11.4 Å². The summed E-state index contributed by atoms with van der Waals surface area (Å²) >= 11 is 1.44. The molecule has 0 radical (unpaired) electrons. The van der Waals surface area contributed by atoms with Crippen LogP contribution in [0.4, 0.5) is 0 Å². The third-order valence-electron chi connectivity index (χ3n) is 2.24. The molecule has 1 aromatic heterocycles. The van der Waals surface area contributed by atoms with Crippen LogP contribution >= 0.6 is 11.8 Å². The second-order valence-electron chi connectivity index (χ2n) is 3.47. The van der Waals surface area contributed by atoms with E-state index in [1.165, 1.54) is 11.8 Å². The number of hydrogen-bond acceptors (Lipinski definition) is 4. The number of carbonyl (C=O) groups excluding carboxylic acids is 1. The third kappa shape index (κ3) is 2.88. The van der Waals surface area contributed by atoms with E-state index in [1.807, 2.05) is 20.1 Å². The number of rotatable bonds is 1. The van der Waals surface area contributed by atoms with Crippen LogP contribution in [0.2, 0.25) is 0 Å². The summed E-state index contributed by atoms with van der Waals surface area (Å²) in [5.41, 5.74) is 2.59. The first-order valence-corrected chi connectivity index (χ1v) is 6.13. The predicted octanol–water partition coefficient (Wildman–Crippen LogP) is 2.32. The average molecular weight is 237 g/mol. The zero-order chi connectivity index (χ0) is 12.3. The van der Waals surface area contributed by atoms with E-state index in [0.717, 1.165) is 16.4 Å². The second kappa shape index (κ2) is 5.21. The van der Waals surface area contributed by atoms with Crippen LogP contribution in [-0.2, 0) is 0 Å². The van der Waals surface area contributed by atoms with Gasteiger partial charge in [-0.15, -0.1) is 11.8 Å². The van der Waals surface area contributed by atoms with Crippen molar-refractivity contribution in [2.24, 2.45) is 4.99 Å². The molecular formula is C11H15N3OS. The first-order chi connectivity index (χ1) is 7.45. The molecule has 1 aromatic rings. The van der Waals surface area contributed by atoms with Gasteiger partial charge in [-0.1, -0.05) is 0 Å². The van der Waals surface area contributed by atoms with Gasteiger partial charge in [0.25, 0.3) is 5.91 Å². The van der Waals surface area contributed by atoms with E-state index in [2.05, 4.69) is 15.0 Å². The summed E-state index contributed by atoms with van der Waals surface area (Å²) in [7, 11) is 0. The van der Waals surface area contributed by atoms with Gasteiger partial charge in [-0.25, -0.2) is 9.98 Å². The summed E-state index contributed by atoms with van der Waals surface area (Å²) < 4.78 is 0. The lowest BCUT2D eigenvalue weighted by atomic mass is 10.2. The standard InChI is InChI=1S/C11H15N3OS/c1-6-7(2)13-10(8(3)12-6)11(15)14-9(4)16-5/h1-5H3/b14-9+. The molecule has 4 nitrogen and oxygen atoms in total. The Balaban J connectivity index is 3.14. The molecule has 0 aliphatic carbocycles. The van der Waals surface area contributed by atoms with E-state index in [9.17, 15) is 4.79 Å². The molecule has 0 aliphatic heterocycles. The molecule has 0 N–H and O–H groups in total. The minimum atomic E-state index is -0.319. The van der Waals surface area contributed by atoms with Crippen LogP contribution in [0.25, 0.3) is 0 Å². The topological polar surface area (TPSA) is 55.2 Å². The van der Waals surface area contributed by atoms with Crippen molar-refractivity contribution in [1.82, 2.24) is 9.97 Å². The van der Waals surface area contributed by atoms with E-state index < -0.39 is 0 Å². The van der Waals surface area contributed by atoms with Crippen molar-refractivity contribution in [2.75, 3.05) is 6.26 Å². The van der Waals surface area contributed by atoms with Crippen molar-refractivity contribution in [3.8, 4) is 0 Å². The number of aryl methyl sites for hydroxylation is 3. The molecular weight excluding hydrogens is 222 g/mol. The Morgan fingerprint density at radius 2 is 1.69 bits per heavy atom. The van der Waals surface area contributed by atoms with Crippen molar-refractivity contribution in [3.05, 3.63) is 22.8 Å². The fourth-order valence-electron chi connectivity index (χ4n) is 1.16. The van der Waals surface area contributed by atoms with Crippen molar-refractivity contribution < 1.29 is 4.79 Å². The second-order valence-corrected chi connectivity index (χ2v) is 4.47. The number of thioether (sulfide) groups is 1. The monoisotopic (exact) mass is 237 g/mol. The van der Waals surface area contributed by atoms with Crippen LogP contribution in [0.15, 0.2) is 4.99 Å². The van der Waals surface area contributed by atoms with E-state index in [1.54, 1.807) is 13.8 Å². The van der Waals surface area contributed by atoms with Gasteiger partial charge in [-0.2, -0.15) is 0 Å². The SMILES string of the molecule is CS/C(C)=N/C(=O)c1nc(C)c(C)nc1C. The van der Waals surface area contributed by atoms with E-state index >= 15 is 0 Å². The van der Waals surface area contributed by atoms with Crippen LogP contribution < -0.4 is 0 Å². The molecule has 1 rings (SSSR count). The quantitative estimate of drug-likeness (QED) is 0.555. The summed E-state index contributed by atoms with van der Waals surface area (Å²) in [6.45, 7) is 7.28. The van der Waals surface area contributed by atoms with Crippen LogP contribution in [-0.4, -0.2) is 27.2 Å². The van der Waals surface area contributed by atoms with Gasteiger partial charge < -0.3 is 0 Å². The Labute approximate surface area is 99.6 Å². The van der Waals surface area contributed by atoms with Crippen molar-refractivity contribution >= 4 is 22.7 Å². The van der Waals surface area contributed by atoms with Crippen molar-refractivity contribution in [1.29, 1.82) is 0 Å². The largest absolute Gasteiger partial charge is 0.298 e. The molecule has 0 aliphatic rings. The molecule has 1 amide bonds. The zero-order valence-corrected chi connectivity index (χ0v) is 11.0. The van der Waals surface area contributed by atoms with E-state index in [4.69, 9.17) is 0 Å². The molecule has 86 valence electrons. The highest BCUT2D eigenvalue weighted by molar-refractivity contribution is 8.13. The predicted molar refractivity (Wildman–Crippen MR) is 67.2 cm³/mol. The molecule has 0 saturated carbocycles. The van der Waals surface area contributed by atoms with Crippen molar-refractivity contribution in [3.63, 3.8) is 0 Å². The maximum Gasteiger partial charge on any atom is 0.298 e. The molecule has 0 bridgehead atoms. The molecule has 5 heteroatoms. The van der Waals surface area contributed by atoms with Crippen LogP contribution in [0.3, 0.4) is 0 Å². The van der Waals surface area contributed by atoms with Gasteiger partial charge in [0.1, 0.15) is 0 Å². The summed E-state index contributed by atoms with van der Waals surface area (Å²) in [6, 6.07) is 0. The highest BCUT2D eigenvalue weighted by Crippen LogP contribution is 2.09. The Morgan fingerprint density at radius 3 is 2.25 bits per heavy atom. The summed E-state index contributed by atoms with van der Waals surface area (Å²) in [6.07, 6.45) is 1.88. The Morgan fingerprint density at radius 1 is 1.12 bits per heavy atom. The fourth-order valence-corrected chi connectivity index (χ4v) is 1.33. The Kier molecular flexibility index (Phi) is 4.18. The van der Waals surface area contributed by atoms with E-state index in [-0.39, 0.29) is 5.91 Å². The lowest BCUT2D eigenvalue weighted by molar-refractivity contribution is 0.0997. The van der Waals surface area contributed by atoms with Gasteiger partial charge in [-0.3, -0.25) is 9.78 Å². The molecule has 16 heavy (non-hydrogen) atoms. The average Bonchev–Trinajstić information content (AvgIpc) is 2.23. The normalized spacial score (nSPS) is 11.7. The highest BCUT2D eigenvalue weighted by atomic mass is 32.2.